The Kier molecular flexibility index (Phi) is 3.37. The van der Waals surface area contributed by atoms with Gasteiger partial charge in [-0.15, -0.1) is 0 Å². The summed E-state index contributed by atoms with van der Waals surface area (Å²) in [5.41, 5.74) is 6.67. The number of nitrogens with two attached hydrogens (primary N) is 1. The van der Waals surface area contributed by atoms with Crippen LogP contribution in [0.15, 0.2) is 30.5 Å². The van der Waals surface area contributed by atoms with Crippen molar-refractivity contribution in [3.63, 3.8) is 0 Å². The van der Waals surface area contributed by atoms with Crippen molar-refractivity contribution in [2.24, 2.45) is 0 Å². The quantitative estimate of drug-likeness (QED) is 0.881. The molecule has 21 heavy (non-hydrogen) atoms. The van der Waals surface area contributed by atoms with E-state index in [4.69, 9.17) is 10.5 Å². The zero-order chi connectivity index (χ0) is 15.0. The van der Waals surface area contributed by atoms with Crippen molar-refractivity contribution in [3.05, 3.63) is 53.4 Å². The minimum Gasteiger partial charge on any atom is -0.456 e. The number of hydrogen-bond donors (Lipinski definition) is 1. The van der Waals surface area contributed by atoms with Crippen molar-refractivity contribution in [2.45, 2.75) is 25.5 Å². The Labute approximate surface area is 120 Å². The second kappa shape index (κ2) is 5.20. The highest BCUT2D eigenvalue weighted by Crippen LogP contribution is 2.37. The van der Waals surface area contributed by atoms with E-state index in [1.54, 1.807) is 16.8 Å². The number of ether oxygens (including phenoxy) is 1. The van der Waals surface area contributed by atoms with Gasteiger partial charge in [0.25, 0.3) is 0 Å². The van der Waals surface area contributed by atoms with Crippen molar-refractivity contribution in [3.8, 4) is 0 Å². The van der Waals surface area contributed by atoms with Gasteiger partial charge in [0.2, 0.25) is 0 Å². The summed E-state index contributed by atoms with van der Waals surface area (Å²) >= 11 is 0. The third-order valence-corrected chi connectivity index (χ3v) is 3.39. The number of rotatable bonds is 4. The maximum Gasteiger partial charge on any atom is 0.355 e. The maximum atomic E-state index is 13.5. The van der Waals surface area contributed by atoms with Gasteiger partial charge in [-0.3, -0.25) is 0 Å². The van der Waals surface area contributed by atoms with Crippen LogP contribution in [-0.4, -0.2) is 10.5 Å². The molecule has 1 aliphatic rings. The van der Waals surface area contributed by atoms with Gasteiger partial charge in [-0.1, -0.05) is 0 Å². The lowest BCUT2D eigenvalue weighted by atomic mass is 10.2. The highest BCUT2D eigenvalue weighted by atomic mass is 19.1. The van der Waals surface area contributed by atoms with Gasteiger partial charge in [-0.2, -0.15) is 0 Å². The van der Waals surface area contributed by atoms with Crippen LogP contribution in [0.5, 0.6) is 0 Å². The number of hydrogen-bond acceptors (Lipinski definition) is 3. The van der Waals surface area contributed by atoms with E-state index in [1.165, 1.54) is 6.07 Å². The fraction of sp³-hybridized carbons (Fsp3) is 0.267. The third-order valence-electron chi connectivity index (χ3n) is 3.39. The summed E-state index contributed by atoms with van der Waals surface area (Å²) in [5, 5.41) is 0. The number of halogens is 2. The Morgan fingerprint density at radius 1 is 1.33 bits per heavy atom. The van der Waals surface area contributed by atoms with E-state index in [1.807, 2.05) is 0 Å². The van der Waals surface area contributed by atoms with E-state index in [9.17, 15) is 13.6 Å². The van der Waals surface area contributed by atoms with E-state index in [2.05, 4.69) is 0 Å². The number of anilines is 1. The molecule has 6 heteroatoms. The van der Waals surface area contributed by atoms with Gasteiger partial charge in [0.1, 0.15) is 23.9 Å². The molecular formula is C15H14F2N2O2. The molecule has 1 aromatic heterocycles. The highest BCUT2D eigenvalue weighted by Gasteiger charge is 2.28. The number of aromatic nitrogens is 1. The van der Waals surface area contributed by atoms with Crippen LogP contribution in [0.2, 0.25) is 0 Å². The SMILES string of the molecule is Nc1cc(C(=O)OCc2ccc(F)cc2F)n(C2CC2)c1. The number of nitrogen functional groups attached to an aromatic ring is 1. The lowest BCUT2D eigenvalue weighted by Crippen LogP contribution is -2.11. The molecule has 0 aliphatic heterocycles. The molecule has 0 radical (unpaired) electrons. The van der Waals surface area contributed by atoms with E-state index in [0.29, 0.717) is 11.4 Å². The predicted octanol–water partition coefficient (Wildman–Crippen LogP) is 3.04. The average molecular weight is 292 g/mol. The standard InChI is InChI=1S/C15H14F2N2O2/c16-10-2-1-9(13(17)5-10)8-21-15(20)14-6-11(18)7-19(14)12-3-4-12/h1-2,5-7,12H,3-4,8,18H2. The van der Waals surface area contributed by atoms with Crippen molar-refractivity contribution in [2.75, 3.05) is 5.73 Å². The fourth-order valence-corrected chi connectivity index (χ4v) is 2.17. The summed E-state index contributed by atoms with van der Waals surface area (Å²) in [7, 11) is 0. The summed E-state index contributed by atoms with van der Waals surface area (Å²) in [4.78, 5) is 12.1. The minimum absolute atomic E-state index is 0.127. The van der Waals surface area contributed by atoms with Crippen molar-refractivity contribution in [1.82, 2.24) is 4.57 Å². The Balaban J connectivity index is 1.72. The van der Waals surface area contributed by atoms with Crippen LogP contribution in [0.4, 0.5) is 14.5 Å². The van der Waals surface area contributed by atoms with Crippen LogP contribution in [0.3, 0.4) is 0 Å². The predicted molar refractivity (Wildman–Crippen MR) is 72.6 cm³/mol. The van der Waals surface area contributed by atoms with Crippen LogP contribution in [0, 0.1) is 11.6 Å². The summed E-state index contributed by atoms with van der Waals surface area (Å²) in [6.45, 7) is -0.249. The topological polar surface area (TPSA) is 57.3 Å². The fourth-order valence-electron chi connectivity index (χ4n) is 2.17. The second-order valence-corrected chi connectivity index (χ2v) is 5.11. The Morgan fingerprint density at radius 2 is 2.10 bits per heavy atom. The van der Waals surface area contributed by atoms with Gasteiger partial charge < -0.3 is 15.0 Å². The molecule has 0 amide bonds. The number of carbonyl (C=O) groups is 1. The van der Waals surface area contributed by atoms with Gasteiger partial charge in [0.05, 0.1) is 5.69 Å². The molecule has 1 heterocycles. The monoisotopic (exact) mass is 292 g/mol. The second-order valence-electron chi connectivity index (χ2n) is 5.11. The Morgan fingerprint density at radius 3 is 2.76 bits per heavy atom. The van der Waals surface area contributed by atoms with Crippen LogP contribution >= 0.6 is 0 Å². The van der Waals surface area contributed by atoms with Gasteiger partial charge in [0.15, 0.2) is 0 Å². The minimum atomic E-state index is -0.736. The first-order chi connectivity index (χ1) is 10.0. The highest BCUT2D eigenvalue weighted by molar-refractivity contribution is 5.89. The zero-order valence-corrected chi connectivity index (χ0v) is 11.2. The number of benzene rings is 1. The molecule has 0 bridgehead atoms. The molecule has 1 aliphatic carbocycles. The van der Waals surface area contributed by atoms with E-state index >= 15 is 0 Å². The summed E-state index contributed by atoms with van der Waals surface area (Å²) in [6.07, 6.45) is 3.70. The third kappa shape index (κ3) is 2.89. The first kappa shape index (κ1) is 13.6. The van der Waals surface area contributed by atoms with E-state index < -0.39 is 17.6 Å². The molecule has 4 nitrogen and oxygen atoms in total. The molecule has 1 fully saturated rings. The molecule has 2 aromatic rings. The Bertz CT molecular complexity index is 693. The van der Waals surface area contributed by atoms with E-state index in [0.717, 1.165) is 25.0 Å². The molecular weight excluding hydrogens is 278 g/mol. The molecule has 110 valence electrons. The summed E-state index contributed by atoms with van der Waals surface area (Å²) < 4.78 is 33.1. The summed E-state index contributed by atoms with van der Waals surface area (Å²) in [5.74, 6) is -1.97. The van der Waals surface area contributed by atoms with Crippen LogP contribution in [-0.2, 0) is 11.3 Å². The maximum absolute atomic E-state index is 13.5. The smallest absolute Gasteiger partial charge is 0.355 e. The molecule has 3 rings (SSSR count). The summed E-state index contributed by atoms with van der Waals surface area (Å²) in [6, 6.07) is 4.96. The van der Waals surface area contributed by atoms with Crippen molar-refractivity contribution < 1.29 is 18.3 Å². The number of esters is 1. The number of nitrogens with zero attached hydrogens (tertiary/aromatic N) is 1. The lowest BCUT2D eigenvalue weighted by molar-refractivity contribution is 0.0456. The lowest BCUT2D eigenvalue weighted by Gasteiger charge is -2.08. The largest absolute Gasteiger partial charge is 0.456 e. The molecule has 0 spiro atoms. The van der Waals surface area contributed by atoms with Crippen LogP contribution < -0.4 is 5.73 Å². The van der Waals surface area contributed by atoms with E-state index in [-0.39, 0.29) is 18.2 Å². The van der Waals surface area contributed by atoms with Crippen molar-refractivity contribution >= 4 is 11.7 Å². The number of carbonyl (C=O) groups excluding carboxylic acids is 1. The zero-order valence-electron chi connectivity index (χ0n) is 11.2. The molecule has 0 unspecified atom stereocenters. The first-order valence-electron chi connectivity index (χ1n) is 6.63. The first-order valence-corrected chi connectivity index (χ1v) is 6.63. The van der Waals surface area contributed by atoms with Crippen LogP contribution in [0.1, 0.15) is 34.9 Å². The molecule has 1 saturated carbocycles. The average Bonchev–Trinajstić information content (AvgIpc) is 3.20. The van der Waals surface area contributed by atoms with Gasteiger partial charge in [-0.05, 0) is 31.0 Å². The van der Waals surface area contributed by atoms with Gasteiger partial charge in [0, 0.05) is 23.9 Å². The van der Waals surface area contributed by atoms with Crippen LogP contribution in [0.25, 0.3) is 0 Å². The van der Waals surface area contributed by atoms with Gasteiger partial charge >= 0.3 is 5.97 Å². The molecule has 1 aromatic carbocycles. The Hall–Kier alpha value is -2.37. The molecule has 0 saturated heterocycles. The normalized spacial score (nSPS) is 14.2. The molecule has 0 atom stereocenters. The molecule has 2 N–H and O–H groups in total. The van der Waals surface area contributed by atoms with Gasteiger partial charge in [-0.25, -0.2) is 13.6 Å². The van der Waals surface area contributed by atoms with Crippen molar-refractivity contribution in [1.29, 1.82) is 0 Å².